The lowest BCUT2D eigenvalue weighted by Gasteiger charge is -2.35. The Morgan fingerprint density at radius 2 is 2.12 bits per heavy atom. The molecule has 0 aromatic heterocycles. The summed E-state index contributed by atoms with van der Waals surface area (Å²) in [4.78, 5) is 11.7. The zero-order valence-corrected chi connectivity index (χ0v) is 10.9. The van der Waals surface area contributed by atoms with Crippen molar-refractivity contribution in [1.82, 2.24) is 10.6 Å². The highest BCUT2D eigenvalue weighted by molar-refractivity contribution is 5.78. The van der Waals surface area contributed by atoms with Crippen molar-refractivity contribution in [3.63, 3.8) is 0 Å². The van der Waals surface area contributed by atoms with E-state index in [0.29, 0.717) is 6.54 Å². The van der Waals surface area contributed by atoms with E-state index in [-0.39, 0.29) is 17.6 Å². The normalized spacial score (nSPS) is 27.8. The van der Waals surface area contributed by atoms with Gasteiger partial charge in [0.2, 0.25) is 5.91 Å². The summed E-state index contributed by atoms with van der Waals surface area (Å²) in [5, 5.41) is 6.30. The fourth-order valence-corrected chi connectivity index (χ4v) is 2.35. The van der Waals surface area contributed by atoms with Crippen LogP contribution < -0.4 is 10.6 Å². The van der Waals surface area contributed by atoms with Crippen molar-refractivity contribution in [2.75, 3.05) is 19.7 Å². The Hall–Kier alpha value is -0.610. The van der Waals surface area contributed by atoms with E-state index in [1.54, 1.807) is 0 Å². The molecule has 17 heavy (non-hydrogen) atoms. The molecule has 2 fully saturated rings. The summed E-state index contributed by atoms with van der Waals surface area (Å²) in [5.74, 6) is 0.943. The molecule has 98 valence electrons. The second-order valence-electron chi connectivity index (χ2n) is 5.94. The first kappa shape index (κ1) is 12.8. The predicted octanol–water partition coefficient (Wildman–Crippen LogP) is 1.06. The molecule has 2 N–H and O–H groups in total. The molecule has 0 spiro atoms. The van der Waals surface area contributed by atoms with Gasteiger partial charge in [-0.2, -0.15) is 0 Å². The van der Waals surface area contributed by atoms with Crippen molar-refractivity contribution < 1.29 is 9.53 Å². The summed E-state index contributed by atoms with van der Waals surface area (Å²) in [6, 6.07) is 0.272. The molecule has 0 radical (unpaired) electrons. The molecule has 2 rings (SSSR count). The summed E-state index contributed by atoms with van der Waals surface area (Å²) in [5.41, 5.74) is -0.0996. The van der Waals surface area contributed by atoms with Crippen LogP contribution in [0.15, 0.2) is 0 Å². The van der Waals surface area contributed by atoms with Crippen LogP contribution in [0.3, 0.4) is 0 Å². The minimum Gasteiger partial charge on any atom is -0.375 e. The molecular formula is C13H24N2O2. The van der Waals surface area contributed by atoms with E-state index in [1.807, 2.05) is 0 Å². The second-order valence-corrected chi connectivity index (χ2v) is 5.94. The van der Waals surface area contributed by atoms with Gasteiger partial charge in [-0.3, -0.25) is 4.79 Å². The maximum Gasteiger partial charge on any atom is 0.234 e. The highest BCUT2D eigenvalue weighted by Gasteiger charge is 2.29. The van der Waals surface area contributed by atoms with Gasteiger partial charge < -0.3 is 15.4 Å². The summed E-state index contributed by atoms with van der Waals surface area (Å²) < 4.78 is 5.63. The molecule has 4 heteroatoms. The van der Waals surface area contributed by atoms with E-state index in [0.717, 1.165) is 31.9 Å². The third-order valence-corrected chi connectivity index (χ3v) is 3.48. The molecule has 4 nitrogen and oxygen atoms in total. The van der Waals surface area contributed by atoms with Crippen LogP contribution in [0.1, 0.15) is 39.5 Å². The largest absolute Gasteiger partial charge is 0.375 e. The van der Waals surface area contributed by atoms with Gasteiger partial charge in [0.25, 0.3) is 0 Å². The monoisotopic (exact) mass is 240 g/mol. The Balaban J connectivity index is 1.63. The summed E-state index contributed by atoms with van der Waals surface area (Å²) in [6.45, 7) is 6.35. The van der Waals surface area contributed by atoms with Crippen LogP contribution in [0.5, 0.6) is 0 Å². The number of amides is 1. The van der Waals surface area contributed by atoms with Crippen molar-refractivity contribution in [3.8, 4) is 0 Å². The first-order chi connectivity index (χ1) is 8.05. The minimum absolute atomic E-state index is 0.0996. The number of carbonyl (C=O) groups excluding carboxylic acids is 1. The molecule has 1 aliphatic carbocycles. The number of hydrogen-bond donors (Lipinski definition) is 2. The summed E-state index contributed by atoms with van der Waals surface area (Å²) >= 11 is 0. The van der Waals surface area contributed by atoms with Crippen LogP contribution in [0.4, 0.5) is 0 Å². The van der Waals surface area contributed by atoms with Gasteiger partial charge >= 0.3 is 0 Å². The smallest absolute Gasteiger partial charge is 0.234 e. The van der Waals surface area contributed by atoms with E-state index in [9.17, 15) is 4.79 Å². The van der Waals surface area contributed by atoms with Crippen molar-refractivity contribution in [2.45, 2.75) is 51.2 Å². The van der Waals surface area contributed by atoms with E-state index in [2.05, 4.69) is 24.5 Å². The standard InChI is InChI=1S/C13H24N2O2/c1-13(2)7-11(5-6-17-13)15-12(16)9-14-8-10-3-4-10/h10-11,14H,3-9H2,1-2H3,(H,15,16). The highest BCUT2D eigenvalue weighted by atomic mass is 16.5. The van der Waals surface area contributed by atoms with Crippen LogP contribution in [0.2, 0.25) is 0 Å². The van der Waals surface area contributed by atoms with Gasteiger partial charge in [-0.1, -0.05) is 0 Å². The molecule has 1 saturated heterocycles. The molecule has 0 aromatic rings. The molecule has 1 amide bonds. The lowest BCUT2D eigenvalue weighted by atomic mass is 9.94. The molecular weight excluding hydrogens is 216 g/mol. The van der Waals surface area contributed by atoms with Gasteiger partial charge in [0.05, 0.1) is 12.1 Å². The Morgan fingerprint density at radius 3 is 2.76 bits per heavy atom. The second kappa shape index (κ2) is 5.36. The Labute approximate surface area is 103 Å². The van der Waals surface area contributed by atoms with E-state index in [4.69, 9.17) is 4.74 Å². The SMILES string of the molecule is CC1(C)CC(NC(=O)CNCC2CC2)CCO1. The van der Waals surface area contributed by atoms with Crippen molar-refractivity contribution >= 4 is 5.91 Å². The fraction of sp³-hybridized carbons (Fsp3) is 0.923. The molecule has 1 atom stereocenters. The highest BCUT2D eigenvalue weighted by Crippen LogP contribution is 2.27. The Morgan fingerprint density at radius 1 is 1.35 bits per heavy atom. The zero-order valence-electron chi connectivity index (χ0n) is 10.9. The van der Waals surface area contributed by atoms with Gasteiger partial charge in [-0.15, -0.1) is 0 Å². The molecule has 1 aliphatic heterocycles. The van der Waals surface area contributed by atoms with Gasteiger partial charge in [0.1, 0.15) is 0 Å². The summed E-state index contributed by atoms with van der Waals surface area (Å²) in [6.07, 6.45) is 4.48. The molecule has 1 saturated carbocycles. The Bertz CT molecular complexity index is 275. The average Bonchev–Trinajstić information content (AvgIpc) is 2.99. The van der Waals surface area contributed by atoms with Gasteiger partial charge in [-0.25, -0.2) is 0 Å². The fourth-order valence-electron chi connectivity index (χ4n) is 2.35. The van der Waals surface area contributed by atoms with Crippen molar-refractivity contribution in [3.05, 3.63) is 0 Å². The van der Waals surface area contributed by atoms with E-state index < -0.39 is 0 Å². The summed E-state index contributed by atoms with van der Waals surface area (Å²) in [7, 11) is 0. The van der Waals surface area contributed by atoms with Gasteiger partial charge in [0.15, 0.2) is 0 Å². The van der Waals surface area contributed by atoms with E-state index in [1.165, 1.54) is 12.8 Å². The zero-order chi connectivity index (χ0) is 12.3. The minimum atomic E-state index is -0.0996. The lowest BCUT2D eigenvalue weighted by molar-refractivity contribution is -0.123. The van der Waals surface area contributed by atoms with Crippen LogP contribution >= 0.6 is 0 Å². The quantitative estimate of drug-likeness (QED) is 0.755. The molecule has 1 heterocycles. The number of carbonyl (C=O) groups is 1. The molecule has 1 unspecified atom stereocenters. The maximum absolute atomic E-state index is 11.7. The van der Waals surface area contributed by atoms with Gasteiger partial charge in [0, 0.05) is 12.6 Å². The van der Waals surface area contributed by atoms with Crippen LogP contribution in [0.25, 0.3) is 0 Å². The molecule has 0 aromatic carbocycles. The van der Waals surface area contributed by atoms with E-state index >= 15 is 0 Å². The van der Waals surface area contributed by atoms with Gasteiger partial charge in [-0.05, 0) is 52.0 Å². The third-order valence-electron chi connectivity index (χ3n) is 3.48. The topological polar surface area (TPSA) is 50.4 Å². The van der Waals surface area contributed by atoms with Crippen molar-refractivity contribution in [1.29, 1.82) is 0 Å². The lowest BCUT2D eigenvalue weighted by Crippen LogP contribution is -2.48. The number of ether oxygens (including phenoxy) is 1. The number of nitrogens with one attached hydrogen (secondary N) is 2. The number of hydrogen-bond acceptors (Lipinski definition) is 3. The first-order valence-electron chi connectivity index (χ1n) is 6.69. The molecule has 2 aliphatic rings. The third kappa shape index (κ3) is 4.64. The maximum atomic E-state index is 11.7. The molecule has 0 bridgehead atoms. The van der Waals surface area contributed by atoms with Crippen molar-refractivity contribution in [2.24, 2.45) is 5.92 Å². The van der Waals surface area contributed by atoms with Crippen LogP contribution in [-0.4, -0.2) is 37.2 Å². The van der Waals surface area contributed by atoms with Crippen LogP contribution in [-0.2, 0) is 9.53 Å². The van der Waals surface area contributed by atoms with Crippen LogP contribution in [0, 0.1) is 5.92 Å². The predicted molar refractivity (Wildman–Crippen MR) is 66.8 cm³/mol. The number of rotatable bonds is 5. The Kier molecular flexibility index (Phi) is 4.05. The first-order valence-corrected chi connectivity index (χ1v) is 6.69. The average molecular weight is 240 g/mol.